The van der Waals surface area contributed by atoms with E-state index in [1.165, 1.54) is 6.42 Å². The lowest BCUT2D eigenvalue weighted by Crippen LogP contribution is -2.31. The summed E-state index contributed by atoms with van der Waals surface area (Å²) in [6, 6.07) is 0.617. The van der Waals surface area contributed by atoms with Crippen LogP contribution >= 0.6 is 12.2 Å². The van der Waals surface area contributed by atoms with E-state index in [1.54, 1.807) is 0 Å². The lowest BCUT2D eigenvalue weighted by Gasteiger charge is -2.23. The molecule has 0 spiro atoms. The number of aromatic amines is 1. The average Bonchev–Trinajstić information content (AvgIpc) is 2.54. The molecule has 1 unspecified atom stereocenters. The molecule has 1 aromatic rings. The Bertz CT molecular complexity index is 355. The Balaban J connectivity index is 2.54. The van der Waals surface area contributed by atoms with Crippen LogP contribution in [0.3, 0.4) is 0 Å². The average molecular weight is 228 g/mol. The predicted molar refractivity (Wildman–Crippen MR) is 64.5 cm³/mol. The highest BCUT2D eigenvalue weighted by Gasteiger charge is 2.07. The van der Waals surface area contributed by atoms with Gasteiger partial charge in [-0.1, -0.05) is 6.92 Å². The lowest BCUT2D eigenvalue weighted by molar-refractivity contribution is 0.241. The van der Waals surface area contributed by atoms with Crippen molar-refractivity contribution in [2.24, 2.45) is 0 Å². The lowest BCUT2D eigenvalue weighted by atomic mass is 10.2. The predicted octanol–water partition coefficient (Wildman–Crippen LogP) is 1.98. The number of aromatic nitrogens is 3. The van der Waals surface area contributed by atoms with E-state index in [0.717, 1.165) is 18.9 Å². The van der Waals surface area contributed by atoms with E-state index in [-0.39, 0.29) is 0 Å². The molecule has 0 saturated heterocycles. The van der Waals surface area contributed by atoms with Gasteiger partial charge in [0.1, 0.15) is 5.82 Å². The van der Waals surface area contributed by atoms with E-state index in [0.29, 0.717) is 10.8 Å². The third-order valence-corrected chi connectivity index (χ3v) is 3.28. The fourth-order valence-electron chi connectivity index (χ4n) is 1.45. The molecule has 0 fully saturated rings. The summed E-state index contributed by atoms with van der Waals surface area (Å²) >= 11 is 5.15. The molecule has 4 nitrogen and oxygen atoms in total. The van der Waals surface area contributed by atoms with Crippen LogP contribution in [-0.4, -0.2) is 39.3 Å². The number of nitrogens with zero attached hydrogens (tertiary/aromatic N) is 3. The first-order valence-electron chi connectivity index (χ1n) is 5.38. The van der Waals surface area contributed by atoms with Crippen molar-refractivity contribution in [2.45, 2.75) is 39.8 Å². The van der Waals surface area contributed by atoms with Crippen molar-refractivity contribution in [3.8, 4) is 0 Å². The molecule has 0 bridgehead atoms. The van der Waals surface area contributed by atoms with Crippen molar-refractivity contribution in [1.29, 1.82) is 0 Å². The molecule has 0 saturated carbocycles. The highest BCUT2D eigenvalue weighted by molar-refractivity contribution is 7.71. The van der Waals surface area contributed by atoms with Gasteiger partial charge in [0.2, 0.25) is 0 Å². The number of likely N-dealkylation sites (N-methyl/N-ethyl adjacent to an activating group) is 1. The van der Waals surface area contributed by atoms with Gasteiger partial charge in [0.25, 0.3) is 0 Å². The largest absolute Gasteiger partial charge is 0.303 e. The molecule has 0 aliphatic carbocycles. The standard InChI is InChI=1S/C10H20N4S/c1-5-8(2)13(4)6-7-14-9(3)11-12-10(14)15/h8H,5-7H2,1-4H3,(H,12,15). The molecular formula is C10H20N4S. The van der Waals surface area contributed by atoms with Crippen molar-refractivity contribution >= 4 is 12.2 Å². The Morgan fingerprint density at radius 3 is 2.73 bits per heavy atom. The zero-order chi connectivity index (χ0) is 11.4. The Morgan fingerprint density at radius 1 is 1.60 bits per heavy atom. The minimum Gasteiger partial charge on any atom is -0.303 e. The minimum absolute atomic E-state index is 0.617. The third kappa shape index (κ3) is 3.14. The van der Waals surface area contributed by atoms with E-state index < -0.39 is 0 Å². The number of nitrogens with one attached hydrogen (secondary N) is 1. The molecular weight excluding hydrogens is 208 g/mol. The second-order valence-electron chi connectivity index (χ2n) is 3.97. The highest BCUT2D eigenvalue weighted by Crippen LogP contribution is 2.02. The van der Waals surface area contributed by atoms with Crippen LogP contribution < -0.4 is 0 Å². The molecule has 0 aliphatic rings. The van der Waals surface area contributed by atoms with Crippen LogP contribution in [0.2, 0.25) is 0 Å². The van der Waals surface area contributed by atoms with E-state index >= 15 is 0 Å². The number of rotatable bonds is 5. The normalized spacial score (nSPS) is 13.4. The summed E-state index contributed by atoms with van der Waals surface area (Å²) in [6.45, 7) is 8.32. The number of aryl methyl sites for hydroxylation is 1. The molecule has 86 valence electrons. The van der Waals surface area contributed by atoms with Crippen LogP contribution in [-0.2, 0) is 6.54 Å². The molecule has 0 aromatic carbocycles. The number of hydrogen-bond donors (Lipinski definition) is 1. The van der Waals surface area contributed by atoms with Gasteiger partial charge in [0.05, 0.1) is 0 Å². The highest BCUT2D eigenvalue weighted by atomic mass is 32.1. The van der Waals surface area contributed by atoms with Crippen molar-refractivity contribution in [2.75, 3.05) is 13.6 Å². The second-order valence-corrected chi connectivity index (χ2v) is 4.35. The topological polar surface area (TPSA) is 36.9 Å². The van der Waals surface area contributed by atoms with Crippen LogP contribution in [0.25, 0.3) is 0 Å². The van der Waals surface area contributed by atoms with E-state index in [4.69, 9.17) is 12.2 Å². The van der Waals surface area contributed by atoms with Crippen molar-refractivity contribution in [1.82, 2.24) is 19.7 Å². The van der Waals surface area contributed by atoms with Gasteiger partial charge in [-0.05, 0) is 39.5 Å². The summed E-state index contributed by atoms with van der Waals surface area (Å²) in [5, 5.41) is 6.89. The van der Waals surface area contributed by atoms with Gasteiger partial charge < -0.3 is 9.47 Å². The molecule has 1 atom stereocenters. The van der Waals surface area contributed by atoms with Crippen molar-refractivity contribution in [3.63, 3.8) is 0 Å². The van der Waals surface area contributed by atoms with E-state index in [1.807, 2.05) is 11.5 Å². The third-order valence-electron chi connectivity index (χ3n) is 2.97. The smallest absolute Gasteiger partial charge is 0.195 e. The van der Waals surface area contributed by atoms with Gasteiger partial charge in [-0.15, -0.1) is 0 Å². The fourth-order valence-corrected chi connectivity index (χ4v) is 1.72. The van der Waals surface area contributed by atoms with E-state index in [9.17, 15) is 0 Å². The zero-order valence-electron chi connectivity index (χ0n) is 9.95. The SMILES string of the molecule is CCC(C)N(C)CCn1c(C)n[nH]c1=S. The Labute approximate surface area is 96.3 Å². The van der Waals surface area contributed by atoms with Crippen molar-refractivity contribution in [3.05, 3.63) is 10.6 Å². The summed E-state index contributed by atoms with van der Waals surface area (Å²) in [5.41, 5.74) is 0. The number of H-pyrrole nitrogens is 1. The molecule has 15 heavy (non-hydrogen) atoms. The summed E-state index contributed by atoms with van der Waals surface area (Å²) in [6.07, 6.45) is 1.17. The Hall–Kier alpha value is -0.680. The second kappa shape index (κ2) is 5.42. The molecule has 1 rings (SSSR count). The molecule has 0 aliphatic heterocycles. The van der Waals surface area contributed by atoms with Crippen LogP contribution in [0.5, 0.6) is 0 Å². The monoisotopic (exact) mass is 228 g/mol. The first kappa shape index (κ1) is 12.4. The first-order chi connectivity index (χ1) is 7.06. The zero-order valence-corrected chi connectivity index (χ0v) is 10.8. The van der Waals surface area contributed by atoms with Crippen LogP contribution in [0, 0.1) is 11.7 Å². The van der Waals surface area contributed by atoms with Gasteiger partial charge >= 0.3 is 0 Å². The number of hydrogen-bond acceptors (Lipinski definition) is 3. The molecule has 1 N–H and O–H groups in total. The summed E-state index contributed by atoms with van der Waals surface area (Å²) in [4.78, 5) is 2.34. The summed E-state index contributed by atoms with van der Waals surface area (Å²) in [7, 11) is 2.15. The maximum Gasteiger partial charge on any atom is 0.195 e. The van der Waals surface area contributed by atoms with Crippen LogP contribution in [0.15, 0.2) is 0 Å². The summed E-state index contributed by atoms with van der Waals surface area (Å²) in [5.74, 6) is 0.956. The molecule has 1 aromatic heterocycles. The van der Waals surface area contributed by atoms with Gasteiger partial charge in [-0.3, -0.25) is 5.10 Å². The van der Waals surface area contributed by atoms with Crippen LogP contribution in [0.4, 0.5) is 0 Å². The first-order valence-corrected chi connectivity index (χ1v) is 5.79. The van der Waals surface area contributed by atoms with Gasteiger partial charge in [0, 0.05) is 19.1 Å². The minimum atomic E-state index is 0.617. The maximum absolute atomic E-state index is 5.15. The van der Waals surface area contributed by atoms with Gasteiger partial charge in [-0.25, -0.2) is 0 Å². The van der Waals surface area contributed by atoms with Gasteiger partial charge in [-0.2, -0.15) is 5.10 Å². The summed E-state index contributed by atoms with van der Waals surface area (Å²) < 4.78 is 2.75. The van der Waals surface area contributed by atoms with Gasteiger partial charge in [0.15, 0.2) is 4.77 Å². The quantitative estimate of drug-likeness (QED) is 0.783. The fraction of sp³-hybridized carbons (Fsp3) is 0.800. The maximum atomic E-state index is 5.15. The molecule has 1 heterocycles. The molecule has 5 heteroatoms. The Kier molecular flexibility index (Phi) is 4.47. The molecule has 0 amide bonds. The van der Waals surface area contributed by atoms with Crippen molar-refractivity contribution < 1.29 is 0 Å². The van der Waals surface area contributed by atoms with Crippen LogP contribution in [0.1, 0.15) is 26.1 Å². The molecule has 0 radical (unpaired) electrons. The van der Waals surface area contributed by atoms with E-state index in [2.05, 4.69) is 36.0 Å². The Morgan fingerprint density at radius 2 is 2.27 bits per heavy atom.